The highest BCUT2D eigenvalue weighted by Crippen LogP contribution is 2.31. The van der Waals surface area contributed by atoms with Gasteiger partial charge in [0.1, 0.15) is 17.6 Å². The Balaban J connectivity index is 2.04. The van der Waals surface area contributed by atoms with E-state index in [4.69, 9.17) is 27.2 Å². The van der Waals surface area contributed by atoms with Gasteiger partial charge in [0.15, 0.2) is 5.43 Å². The summed E-state index contributed by atoms with van der Waals surface area (Å²) in [6.07, 6.45) is -0.183. The maximum Gasteiger partial charge on any atom is 0.191 e. The second kappa shape index (κ2) is 6.60. The number of fused-ring (bicyclic) bond motifs is 1. The van der Waals surface area contributed by atoms with Crippen molar-refractivity contribution in [2.45, 2.75) is 32.8 Å². The van der Waals surface area contributed by atoms with Crippen molar-refractivity contribution in [3.63, 3.8) is 0 Å². The molecule has 28 heavy (non-hydrogen) atoms. The summed E-state index contributed by atoms with van der Waals surface area (Å²) in [5.74, 6) is -0.705. The standard InChI is InChI=1S/C20H18ClFN4O2/c1-9-6-18(27)12-4-5-16(19-10(2)25-28-11(19)3)24-20(12)26(9)17-8-15(23)13(21)7-14(17)22/h4-8,11,19H,23H2,1-3H3. The molecule has 0 bridgehead atoms. The van der Waals surface area contributed by atoms with Gasteiger partial charge in [-0.05, 0) is 45.0 Å². The number of nitrogens with two attached hydrogens (primary N) is 1. The Bertz CT molecular complexity index is 1210. The van der Waals surface area contributed by atoms with Crippen molar-refractivity contribution in [3.05, 3.63) is 62.8 Å². The van der Waals surface area contributed by atoms with Crippen LogP contribution in [0.2, 0.25) is 5.02 Å². The molecule has 0 amide bonds. The lowest BCUT2D eigenvalue weighted by Gasteiger charge is -2.18. The van der Waals surface area contributed by atoms with Gasteiger partial charge < -0.3 is 10.6 Å². The van der Waals surface area contributed by atoms with Crippen LogP contribution in [0.1, 0.15) is 31.2 Å². The minimum atomic E-state index is -0.560. The van der Waals surface area contributed by atoms with Crippen molar-refractivity contribution in [2.75, 3.05) is 5.73 Å². The molecule has 1 aromatic carbocycles. The van der Waals surface area contributed by atoms with Crippen LogP contribution >= 0.6 is 11.6 Å². The van der Waals surface area contributed by atoms with Crippen LogP contribution in [0.25, 0.3) is 16.7 Å². The maximum atomic E-state index is 14.7. The van der Waals surface area contributed by atoms with E-state index in [-0.39, 0.29) is 33.8 Å². The highest BCUT2D eigenvalue weighted by Gasteiger charge is 2.31. The summed E-state index contributed by atoms with van der Waals surface area (Å²) in [4.78, 5) is 22.6. The van der Waals surface area contributed by atoms with Gasteiger partial charge >= 0.3 is 0 Å². The monoisotopic (exact) mass is 400 g/mol. The van der Waals surface area contributed by atoms with E-state index in [0.29, 0.717) is 22.4 Å². The predicted octanol–water partition coefficient (Wildman–Crippen LogP) is 3.95. The molecular formula is C20H18ClFN4O2. The molecule has 2 atom stereocenters. The lowest BCUT2D eigenvalue weighted by molar-refractivity contribution is 0.0899. The third kappa shape index (κ3) is 2.82. The van der Waals surface area contributed by atoms with Gasteiger partial charge in [-0.2, -0.15) is 0 Å². The minimum Gasteiger partial charge on any atom is -0.397 e. The van der Waals surface area contributed by atoms with Gasteiger partial charge in [-0.25, -0.2) is 9.37 Å². The van der Waals surface area contributed by atoms with Crippen LogP contribution in [0.5, 0.6) is 0 Å². The second-order valence-electron chi connectivity index (χ2n) is 6.94. The number of aromatic nitrogens is 2. The van der Waals surface area contributed by atoms with E-state index in [2.05, 4.69) is 5.16 Å². The van der Waals surface area contributed by atoms with Gasteiger partial charge in [-0.3, -0.25) is 9.36 Å². The topological polar surface area (TPSA) is 82.5 Å². The van der Waals surface area contributed by atoms with E-state index in [1.165, 1.54) is 12.1 Å². The van der Waals surface area contributed by atoms with E-state index in [9.17, 15) is 9.18 Å². The second-order valence-corrected chi connectivity index (χ2v) is 7.35. The summed E-state index contributed by atoms with van der Waals surface area (Å²) in [6.45, 7) is 5.48. The summed E-state index contributed by atoms with van der Waals surface area (Å²) >= 11 is 5.93. The first-order chi connectivity index (χ1) is 13.3. The average Bonchev–Trinajstić information content (AvgIpc) is 2.97. The van der Waals surface area contributed by atoms with Gasteiger partial charge in [0.25, 0.3) is 0 Å². The van der Waals surface area contributed by atoms with Crippen LogP contribution in [0, 0.1) is 12.7 Å². The zero-order valence-electron chi connectivity index (χ0n) is 15.5. The van der Waals surface area contributed by atoms with Gasteiger partial charge in [0.05, 0.1) is 39.1 Å². The van der Waals surface area contributed by atoms with Gasteiger partial charge in [0.2, 0.25) is 0 Å². The molecule has 3 heterocycles. The Morgan fingerprint density at radius 1 is 1.25 bits per heavy atom. The number of oxime groups is 1. The number of nitrogens with zero attached hydrogens (tertiary/aromatic N) is 3. The quantitative estimate of drug-likeness (QED) is 0.660. The smallest absolute Gasteiger partial charge is 0.191 e. The Hall–Kier alpha value is -2.93. The molecule has 2 N–H and O–H groups in total. The molecule has 0 fully saturated rings. The molecular weight excluding hydrogens is 383 g/mol. The molecule has 0 radical (unpaired) electrons. The van der Waals surface area contributed by atoms with E-state index in [0.717, 1.165) is 11.8 Å². The zero-order valence-corrected chi connectivity index (χ0v) is 16.3. The molecule has 144 valence electrons. The first-order valence-electron chi connectivity index (χ1n) is 8.76. The highest BCUT2D eigenvalue weighted by molar-refractivity contribution is 6.33. The number of anilines is 1. The Labute approximate surface area is 165 Å². The van der Waals surface area contributed by atoms with Crippen molar-refractivity contribution in [3.8, 4) is 5.69 Å². The Morgan fingerprint density at radius 3 is 2.68 bits per heavy atom. The normalized spacial score (nSPS) is 19.0. The highest BCUT2D eigenvalue weighted by atomic mass is 35.5. The molecule has 0 aliphatic carbocycles. The van der Waals surface area contributed by atoms with Gasteiger partial charge in [-0.15, -0.1) is 0 Å². The van der Waals surface area contributed by atoms with Gasteiger partial charge in [0, 0.05) is 11.8 Å². The fourth-order valence-corrected chi connectivity index (χ4v) is 3.76. The predicted molar refractivity (Wildman–Crippen MR) is 108 cm³/mol. The molecule has 2 unspecified atom stereocenters. The largest absolute Gasteiger partial charge is 0.397 e. The Kier molecular flexibility index (Phi) is 4.34. The molecule has 2 aromatic heterocycles. The van der Waals surface area contributed by atoms with E-state index < -0.39 is 5.82 Å². The number of rotatable bonds is 2. The van der Waals surface area contributed by atoms with Crippen LogP contribution in [0.15, 0.2) is 40.3 Å². The summed E-state index contributed by atoms with van der Waals surface area (Å²) in [6, 6.07) is 7.53. The van der Waals surface area contributed by atoms with Crippen LogP contribution in [-0.4, -0.2) is 21.4 Å². The third-order valence-corrected chi connectivity index (χ3v) is 5.30. The summed E-state index contributed by atoms with van der Waals surface area (Å²) in [7, 11) is 0. The summed E-state index contributed by atoms with van der Waals surface area (Å²) in [5.41, 5.74) is 8.48. The number of hydrogen-bond acceptors (Lipinski definition) is 5. The van der Waals surface area contributed by atoms with E-state index in [1.54, 1.807) is 23.6 Å². The molecule has 4 rings (SSSR count). The number of nitrogen functional groups attached to an aromatic ring is 1. The number of pyridine rings is 2. The maximum absolute atomic E-state index is 14.7. The molecule has 0 saturated carbocycles. The molecule has 1 aliphatic heterocycles. The van der Waals surface area contributed by atoms with Crippen molar-refractivity contribution >= 4 is 34.0 Å². The SMILES string of the molecule is CC1=NOC(C)C1c1ccc2c(=O)cc(C)n(-c3cc(N)c(Cl)cc3F)c2n1. The zero-order chi connectivity index (χ0) is 20.2. The molecule has 1 aliphatic rings. The van der Waals surface area contributed by atoms with Gasteiger partial charge in [-0.1, -0.05) is 16.8 Å². The number of benzene rings is 1. The van der Waals surface area contributed by atoms with E-state index in [1.807, 2.05) is 13.8 Å². The molecule has 3 aromatic rings. The Morgan fingerprint density at radius 2 is 2.00 bits per heavy atom. The number of halogens is 2. The minimum absolute atomic E-state index is 0.127. The number of aryl methyl sites for hydroxylation is 1. The fourth-order valence-electron chi connectivity index (χ4n) is 3.61. The van der Waals surface area contributed by atoms with Crippen LogP contribution in [0.3, 0.4) is 0 Å². The molecule has 0 saturated heterocycles. The average molecular weight is 401 g/mol. The summed E-state index contributed by atoms with van der Waals surface area (Å²) in [5, 5.41) is 4.53. The van der Waals surface area contributed by atoms with Crippen LogP contribution < -0.4 is 11.2 Å². The summed E-state index contributed by atoms with van der Waals surface area (Å²) < 4.78 is 16.3. The fraction of sp³-hybridized carbons (Fsp3) is 0.250. The lowest BCUT2D eigenvalue weighted by atomic mass is 9.95. The first-order valence-corrected chi connectivity index (χ1v) is 9.14. The first kappa shape index (κ1) is 18.4. The van der Waals surface area contributed by atoms with Crippen molar-refractivity contribution in [1.29, 1.82) is 0 Å². The van der Waals surface area contributed by atoms with Crippen molar-refractivity contribution in [2.24, 2.45) is 5.16 Å². The molecule has 8 heteroatoms. The lowest BCUT2D eigenvalue weighted by Crippen LogP contribution is -2.20. The number of hydrogen-bond donors (Lipinski definition) is 1. The van der Waals surface area contributed by atoms with Crippen LogP contribution in [-0.2, 0) is 4.84 Å². The van der Waals surface area contributed by atoms with Crippen LogP contribution in [0.4, 0.5) is 10.1 Å². The third-order valence-electron chi connectivity index (χ3n) is 4.97. The van der Waals surface area contributed by atoms with Crippen molar-refractivity contribution < 1.29 is 9.23 Å². The molecule has 6 nitrogen and oxygen atoms in total. The van der Waals surface area contributed by atoms with Crippen molar-refractivity contribution in [1.82, 2.24) is 9.55 Å². The molecule has 0 spiro atoms. The van der Waals surface area contributed by atoms with E-state index >= 15 is 0 Å².